The lowest BCUT2D eigenvalue weighted by atomic mass is 9.85. The fraction of sp³-hybridized carbons (Fsp3) is 0.389. The highest BCUT2D eigenvalue weighted by atomic mass is 35.5. The second-order valence-electron chi connectivity index (χ2n) is 6.45. The number of nitrogens with zero attached hydrogens (tertiary/aromatic N) is 2. The van der Waals surface area contributed by atoms with Gasteiger partial charge < -0.3 is 14.6 Å². The molecule has 0 saturated carbocycles. The molecule has 1 fully saturated rings. The Morgan fingerprint density at radius 1 is 1.24 bits per heavy atom. The van der Waals surface area contributed by atoms with Gasteiger partial charge in [0.2, 0.25) is 12.7 Å². The SMILES string of the molecule is OC1(c2cccnc2F)CCN(Cc2cc3c(cc2Cl)OCO3)CC1. The molecular weight excluding hydrogens is 347 g/mol. The van der Waals surface area contributed by atoms with Crippen LogP contribution in [0, 0.1) is 5.95 Å². The van der Waals surface area contributed by atoms with Gasteiger partial charge in [-0.15, -0.1) is 0 Å². The van der Waals surface area contributed by atoms with Crippen LogP contribution in [0.15, 0.2) is 30.5 Å². The number of aromatic nitrogens is 1. The highest BCUT2D eigenvalue weighted by Gasteiger charge is 2.36. The average Bonchev–Trinajstić information content (AvgIpc) is 3.05. The maximum atomic E-state index is 13.9. The third-order valence-corrected chi connectivity index (χ3v) is 5.23. The zero-order valence-corrected chi connectivity index (χ0v) is 14.3. The third kappa shape index (κ3) is 3.17. The van der Waals surface area contributed by atoms with E-state index in [2.05, 4.69) is 9.88 Å². The lowest BCUT2D eigenvalue weighted by molar-refractivity contribution is -0.0308. The molecule has 0 bridgehead atoms. The quantitative estimate of drug-likeness (QED) is 0.848. The molecule has 132 valence electrons. The van der Waals surface area contributed by atoms with E-state index in [1.165, 1.54) is 6.20 Å². The van der Waals surface area contributed by atoms with Gasteiger partial charge >= 0.3 is 0 Å². The molecule has 4 rings (SSSR count). The Balaban J connectivity index is 1.45. The molecule has 25 heavy (non-hydrogen) atoms. The number of halogens is 2. The number of ether oxygens (including phenoxy) is 2. The van der Waals surface area contributed by atoms with E-state index in [4.69, 9.17) is 21.1 Å². The Kier molecular flexibility index (Phi) is 4.27. The number of hydrogen-bond donors (Lipinski definition) is 1. The van der Waals surface area contributed by atoms with Crippen molar-refractivity contribution < 1.29 is 19.0 Å². The van der Waals surface area contributed by atoms with Crippen LogP contribution in [-0.4, -0.2) is 34.9 Å². The highest BCUT2D eigenvalue weighted by molar-refractivity contribution is 6.31. The molecule has 1 saturated heterocycles. The van der Waals surface area contributed by atoms with E-state index in [0.29, 0.717) is 49.0 Å². The monoisotopic (exact) mass is 364 g/mol. The summed E-state index contributed by atoms with van der Waals surface area (Å²) >= 11 is 6.33. The summed E-state index contributed by atoms with van der Waals surface area (Å²) in [5.74, 6) is 0.761. The molecule has 2 aliphatic rings. The van der Waals surface area contributed by atoms with Crippen molar-refractivity contribution in [2.24, 2.45) is 0 Å². The van der Waals surface area contributed by atoms with E-state index in [0.717, 1.165) is 5.56 Å². The normalized spacial score (nSPS) is 19.2. The van der Waals surface area contributed by atoms with Crippen molar-refractivity contribution in [2.75, 3.05) is 19.9 Å². The van der Waals surface area contributed by atoms with Gasteiger partial charge in [-0.05, 0) is 30.5 Å². The van der Waals surface area contributed by atoms with E-state index < -0.39 is 11.5 Å². The lowest BCUT2D eigenvalue weighted by Gasteiger charge is -2.38. The van der Waals surface area contributed by atoms with Crippen molar-refractivity contribution in [1.82, 2.24) is 9.88 Å². The predicted molar refractivity (Wildman–Crippen MR) is 90.2 cm³/mol. The first kappa shape index (κ1) is 16.6. The minimum Gasteiger partial charge on any atom is -0.454 e. The van der Waals surface area contributed by atoms with Crippen LogP contribution in [0.25, 0.3) is 0 Å². The molecule has 2 aliphatic heterocycles. The van der Waals surface area contributed by atoms with E-state index >= 15 is 0 Å². The molecule has 7 heteroatoms. The van der Waals surface area contributed by atoms with Gasteiger partial charge in [0.05, 0.1) is 5.60 Å². The number of benzene rings is 1. The van der Waals surface area contributed by atoms with Gasteiger partial charge in [-0.2, -0.15) is 4.39 Å². The van der Waals surface area contributed by atoms with Crippen LogP contribution in [0.4, 0.5) is 4.39 Å². The summed E-state index contributed by atoms with van der Waals surface area (Å²) < 4.78 is 24.6. The van der Waals surface area contributed by atoms with Gasteiger partial charge in [-0.1, -0.05) is 17.7 Å². The minimum atomic E-state index is -1.17. The maximum Gasteiger partial charge on any atom is 0.231 e. The van der Waals surface area contributed by atoms with Gasteiger partial charge in [-0.3, -0.25) is 4.90 Å². The Morgan fingerprint density at radius 2 is 1.96 bits per heavy atom. The van der Waals surface area contributed by atoms with Gasteiger partial charge in [0.25, 0.3) is 0 Å². The number of pyridine rings is 1. The maximum absolute atomic E-state index is 13.9. The first-order valence-corrected chi connectivity index (χ1v) is 8.57. The summed E-state index contributed by atoms with van der Waals surface area (Å²) in [4.78, 5) is 5.83. The molecule has 0 unspecified atom stereocenters. The second kappa shape index (κ2) is 6.44. The molecule has 0 radical (unpaired) electrons. The van der Waals surface area contributed by atoms with Crippen molar-refractivity contribution in [3.8, 4) is 11.5 Å². The Bertz CT molecular complexity index is 794. The largest absolute Gasteiger partial charge is 0.454 e. The van der Waals surface area contributed by atoms with Crippen LogP contribution in [-0.2, 0) is 12.1 Å². The van der Waals surface area contributed by atoms with E-state index in [1.807, 2.05) is 6.07 Å². The van der Waals surface area contributed by atoms with E-state index in [-0.39, 0.29) is 12.4 Å². The van der Waals surface area contributed by atoms with Crippen LogP contribution in [0.2, 0.25) is 5.02 Å². The molecule has 1 aromatic heterocycles. The van der Waals surface area contributed by atoms with Crippen LogP contribution < -0.4 is 9.47 Å². The molecule has 0 amide bonds. The second-order valence-corrected chi connectivity index (χ2v) is 6.85. The molecule has 3 heterocycles. The summed E-state index contributed by atoms with van der Waals surface area (Å²) in [6.07, 6.45) is 2.27. The minimum absolute atomic E-state index is 0.211. The number of rotatable bonds is 3. The van der Waals surface area contributed by atoms with Crippen LogP contribution in [0.3, 0.4) is 0 Å². The summed E-state index contributed by atoms with van der Waals surface area (Å²) in [5.41, 5.74) is 0.0488. The molecule has 5 nitrogen and oxygen atoms in total. The average molecular weight is 365 g/mol. The van der Waals surface area contributed by atoms with Crippen LogP contribution >= 0.6 is 11.6 Å². The molecule has 1 aromatic carbocycles. The van der Waals surface area contributed by atoms with E-state index in [1.54, 1.807) is 18.2 Å². The summed E-state index contributed by atoms with van der Waals surface area (Å²) in [6.45, 7) is 2.12. The number of likely N-dealkylation sites (tertiary alicyclic amines) is 1. The fourth-order valence-electron chi connectivity index (χ4n) is 3.40. The Labute approximate surface area is 150 Å². The first-order valence-electron chi connectivity index (χ1n) is 8.19. The Hall–Kier alpha value is -1.89. The zero-order chi connectivity index (χ0) is 17.4. The fourth-order valence-corrected chi connectivity index (χ4v) is 3.62. The Morgan fingerprint density at radius 3 is 2.68 bits per heavy atom. The first-order chi connectivity index (χ1) is 12.0. The van der Waals surface area contributed by atoms with Crippen LogP contribution in [0.1, 0.15) is 24.0 Å². The third-order valence-electron chi connectivity index (χ3n) is 4.88. The molecule has 2 aromatic rings. The van der Waals surface area contributed by atoms with E-state index in [9.17, 15) is 9.50 Å². The molecule has 1 N–H and O–H groups in total. The molecular formula is C18H18ClFN2O3. The molecule has 0 spiro atoms. The lowest BCUT2D eigenvalue weighted by Crippen LogP contribution is -2.42. The van der Waals surface area contributed by atoms with Crippen molar-refractivity contribution >= 4 is 11.6 Å². The molecule has 0 atom stereocenters. The van der Waals surface area contributed by atoms with Gasteiger partial charge in [0.1, 0.15) is 0 Å². The smallest absolute Gasteiger partial charge is 0.231 e. The number of aliphatic hydroxyl groups is 1. The summed E-state index contributed by atoms with van der Waals surface area (Å²) in [6, 6.07) is 6.92. The van der Waals surface area contributed by atoms with Crippen LogP contribution in [0.5, 0.6) is 11.5 Å². The van der Waals surface area contributed by atoms with Crippen molar-refractivity contribution in [3.63, 3.8) is 0 Å². The van der Waals surface area contributed by atoms with Gasteiger partial charge in [0, 0.05) is 42.5 Å². The molecule has 0 aliphatic carbocycles. The number of hydrogen-bond acceptors (Lipinski definition) is 5. The van der Waals surface area contributed by atoms with Gasteiger partial charge in [0.15, 0.2) is 11.5 Å². The summed E-state index contributed by atoms with van der Waals surface area (Å²) in [7, 11) is 0. The number of piperidine rings is 1. The topological polar surface area (TPSA) is 54.8 Å². The van der Waals surface area contributed by atoms with Gasteiger partial charge in [-0.25, -0.2) is 4.98 Å². The highest BCUT2D eigenvalue weighted by Crippen LogP contribution is 2.38. The predicted octanol–water partition coefficient (Wildman–Crippen LogP) is 3.09. The van der Waals surface area contributed by atoms with Crippen molar-refractivity contribution in [3.05, 3.63) is 52.6 Å². The van der Waals surface area contributed by atoms with Crippen molar-refractivity contribution in [2.45, 2.75) is 25.0 Å². The standard InChI is InChI=1S/C18H18ClFN2O3/c19-14-9-16-15(24-11-25-16)8-12(14)10-22-6-3-18(23,4-7-22)13-2-1-5-21-17(13)20/h1-2,5,8-9,23H,3-4,6-7,10-11H2. The number of fused-ring (bicyclic) bond motifs is 1. The van der Waals surface area contributed by atoms with Crippen molar-refractivity contribution in [1.29, 1.82) is 0 Å². The summed E-state index contributed by atoms with van der Waals surface area (Å²) in [5, 5.41) is 11.4. The zero-order valence-electron chi connectivity index (χ0n) is 13.5.